The zero-order valence-electron chi connectivity index (χ0n) is 18.5. The minimum absolute atomic E-state index is 0.0774. The van der Waals surface area contributed by atoms with Crippen LogP contribution in [0.2, 0.25) is 5.02 Å². The van der Waals surface area contributed by atoms with E-state index < -0.39 is 10.0 Å². The van der Waals surface area contributed by atoms with Gasteiger partial charge in [0.2, 0.25) is 10.0 Å². The SMILES string of the molecule is CN1CCN(C(CNS(=O)(=O)c2ccc(Oc3ccccc3)cc2)c2ccc(Cl)cc2)CC1. The van der Waals surface area contributed by atoms with Crippen LogP contribution in [0, 0.1) is 0 Å². The Morgan fingerprint density at radius 3 is 2.12 bits per heavy atom. The van der Waals surface area contributed by atoms with Gasteiger partial charge in [-0.25, -0.2) is 13.1 Å². The van der Waals surface area contributed by atoms with Gasteiger partial charge >= 0.3 is 0 Å². The number of halogens is 1. The van der Waals surface area contributed by atoms with Gasteiger partial charge in [-0.05, 0) is 61.1 Å². The van der Waals surface area contributed by atoms with Gasteiger partial charge in [0, 0.05) is 43.8 Å². The molecule has 1 fully saturated rings. The van der Waals surface area contributed by atoms with Gasteiger partial charge < -0.3 is 9.64 Å². The van der Waals surface area contributed by atoms with Crippen molar-refractivity contribution in [3.8, 4) is 11.5 Å². The normalized spacial score (nSPS) is 16.4. The number of rotatable bonds is 8. The monoisotopic (exact) mass is 485 g/mol. The van der Waals surface area contributed by atoms with Crippen molar-refractivity contribution in [3.63, 3.8) is 0 Å². The van der Waals surface area contributed by atoms with Crippen LogP contribution in [0.4, 0.5) is 0 Å². The van der Waals surface area contributed by atoms with Gasteiger partial charge in [0.1, 0.15) is 11.5 Å². The zero-order chi connectivity index (χ0) is 23.3. The molecule has 1 unspecified atom stereocenters. The van der Waals surface area contributed by atoms with E-state index in [-0.39, 0.29) is 17.5 Å². The Kier molecular flexibility index (Phi) is 7.67. The Labute approximate surface area is 200 Å². The molecule has 0 saturated carbocycles. The fourth-order valence-electron chi connectivity index (χ4n) is 3.86. The lowest BCUT2D eigenvalue weighted by Crippen LogP contribution is -2.48. The number of para-hydroxylation sites is 1. The van der Waals surface area contributed by atoms with Crippen LogP contribution < -0.4 is 9.46 Å². The molecule has 0 bridgehead atoms. The predicted molar refractivity (Wildman–Crippen MR) is 131 cm³/mol. The van der Waals surface area contributed by atoms with Gasteiger partial charge in [-0.15, -0.1) is 0 Å². The highest BCUT2D eigenvalue weighted by Crippen LogP contribution is 2.25. The molecule has 33 heavy (non-hydrogen) atoms. The summed E-state index contributed by atoms with van der Waals surface area (Å²) in [4.78, 5) is 4.80. The number of nitrogens with one attached hydrogen (secondary N) is 1. The summed E-state index contributed by atoms with van der Waals surface area (Å²) in [7, 11) is -1.58. The van der Waals surface area contributed by atoms with E-state index in [2.05, 4.69) is 21.6 Å². The van der Waals surface area contributed by atoms with Crippen molar-refractivity contribution >= 4 is 21.6 Å². The van der Waals surface area contributed by atoms with Crippen molar-refractivity contribution in [1.82, 2.24) is 14.5 Å². The minimum atomic E-state index is -3.68. The molecule has 1 atom stereocenters. The Morgan fingerprint density at radius 1 is 0.879 bits per heavy atom. The summed E-state index contributed by atoms with van der Waals surface area (Å²) in [5.74, 6) is 1.28. The molecule has 3 aromatic rings. The molecule has 0 radical (unpaired) electrons. The van der Waals surface area contributed by atoms with E-state index in [0.29, 0.717) is 16.5 Å². The largest absolute Gasteiger partial charge is 0.457 e. The zero-order valence-corrected chi connectivity index (χ0v) is 20.1. The van der Waals surface area contributed by atoms with Gasteiger partial charge in [-0.1, -0.05) is 41.9 Å². The lowest BCUT2D eigenvalue weighted by molar-refractivity contribution is 0.113. The van der Waals surface area contributed by atoms with E-state index in [9.17, 15) is 8.42 Å². The van der Waals surface area contributed by atoms with E-state index in [1.807, 2.05) is 54.6 Å². The molecule has 1 N–H and O–H groups in total. The molecule has 1 aliphatic rings. The predicted octanol–water partition coefficient (Wildman–Crippen LogP) is 4.40. The topological polar surface area (TPSA) is 61.9 Å². The highest BCUT2D eigenvalue weighted by molar-refractivity contribution is 7.89. The third kappa shape index (κ3) is 6.34. The summed E-state index contributed by atoms with van der Waals surface area (Å²) < 4.78 is 34.6. The number of piperazine rings is 1. The van der Waals surface area contributed by atoms with Gasteiger partial charge in [0.05, 0.1) is 4.90 Å². The van der Waals surface area contributed by atoms with Crippen molar-refractivity contribution in [2.24, 2.45) is 0 Å². The number of hydrogen-bond acceptors (Lipinski definition) is 5. The van der Waals surface area contributed by atoms with E-state index in [4.69, 9.17) is 16.3 Å². The molecular formula is C25H28ClN3O3S. The minimum Gasteiger partial charge on any atom is -0.457 e. The van der Waals surface area contributed by atoms with Crippen LogP contribution in [0.15, 0.2) is 83.8 Å². The maximum absolute atomic E-state index is 13.0. The number of likely N-dealkylation sites (N-methyl/N-ethyl adjacent to an activating group) is 1. The lowest BCUT2D eigenvalue weighted by Gasteiger charge is -2.38. The van der Waals surface area contributed by atoms with Crippen LogP contribution >= 0.6 is 11.6 Å². The molecule has 1 aliphatic heterocycles. The van der Waals surface area contributed by atoms with Gasteiger partial charge in [0.25, 0.3) is 0 Å². The Bertz CT molecular complexity index is 1130. The second-order valence-corrected chi connectivity index (χ2v) is 10.3. The second kappa shape index (κ2) is 10.7. The third-order valence-electron chi connectivity index (χ3n) is 5.81. The first-order valence-corrected chi connectivity index (χ1v) is 12.8. The van der Waals surface area contributed by atoms with Crippen molar-refractivity contribution in [2.45, 2.75) is 10.9 Å². The molecule has 0 aromatic heterocycles. The lowest BCUT2D eigenvalue weighted by atomic mass is 10.0. The van der Waals surface area contributed by atoms with Crippen molar-refractivity contribution in [2.75, 3.05) is 39.8 Å². The number of sulfonamides is 1. The summed E-state index contributed by atoms with van der Waals surface area (Å²) >= 11 is 6.07. The van der Waals surface area contributed by atoms with E-state index >= 15 is 0 Å². The van der Waals surface area contributed by atoms with Crippen LogP contribution in [0.3, 0.4) is 0 Å². The van der Waals surface area contributed by atoms with Crippen molar-refractivity contribution < 1.29 is 13.2 Å². The second-order valence-electron chi connectivity index (χ2n) is 8.15. The maximum Gasteiger partial charge on any atom is 0.240 e. The molecule has 3 aromatic carbocycles. The number of benzene rings is 3. The summed E-state index contributed by atoms with van der Waals surface area (Å²) in [5.41, 5.74) is 1.04. The summed E-state index contributed by atoms with van der Waals surface area (Å²) in [6.45, 7) is 3.91. The van der Waals surface area contributed by atoms with E-state index in [1.165, 1.54) is 0 Å². The summed E-state index contributed by atoms with van der Waals surface area (Å²) in [6.07, 6.45) is 0. The van der Waals surface area contributed by atoms with Crippen LogP contribution in [-0.4, -0.2) is 58.0 Å². The number of nitrogens with zero attached hydrogens (tertiary/aromatic N) is 2. The average Bonchev–Trinajstić information content (AvgIpc) is 2.82. The Morgan fingerprint density at radius 2 is 1.48 bits per heavy atom. The first-order valence-electron chi connectivity index (χ1n) is 10.9. The summed E-state index contributed by atoms with van der Waals surface area (Å²) in [6, 6.07) is 23.4. The molecule has 1 saturated heterocycles. The quantitative estimate of drug-likeness (QED) is 0.512. The molecule has 0 aliphatic carbocycles. The molecule has 0 spiro atoms. The van der Waals surface area contributed by atoms with Crippen LogP contribution in [0.5, 0.6) is 11.5 Å². The maximum atomic E-state index is 13.0. The van der Waals surface area contributed by atoms with Crippen LogP contribution in [0.1, 0.15) is 11.6 Å². The van der Waals surface area contributed by atoms with E-state index in [1.54, 1.807) is 24.3 Å². The molecule has 0 amide bonds. The fraction of sp³-hybridized carbons (Fsp3) is 0.280. The Balaban J connectivity index is 1.46. The van der Waals surface area contributed by atoms with Crippen LogP contribution in [-0.2, 0) is 10.0 Å². The molecule has 4 rings (SSSR count). The molecular weight excluding hydrogens is 458 g/mol. The molecule has 1 heterocycles. The number of ether oxygens (including phenoxy) is 1. The van der Waals surface area contributed by atoms with Crippen LogP contribution in [0.25, 0.3) is 0 Å². The Hall–Kier alpha value is -2.42. The smallest absolute Gasteiger partial charge is 0.240 e. The number of hydrogen-bond donors (Lipinski definition) is 1. The van der Waals surface area contributed by atoms with Gasteiger partial charge in [-0.2, -0.15) is 0 Å². The van der Waals surface area contributed by atoms with E-state index in [0.717, 1.165) is 31.7 Å². The average molecular weight is 486 g/mol. The third-order valence-corrected chi connectivity index (χ3v) is 7.50. The molecule has 8 heteroatoms. The standard InChI is InChI=1S/C25H28ClN3O3S/c1-28-15-17-29(18-16-28)25(20-7-9-21(26)10-8-20)19-27-33(30,31)24-13-11-23(12-14-24)32-22-5-3-2-4-6-22/h2-14,25,27H,15-19H2,1H3. The molecule has 174 valence electrons. The first-order chi connectivity index (χ1) is 15.9. The van der Waals surface area contributed by atoms with Gasteiger partial charge in [-0.3, -0.25) is 4.90 Å². The highest BCUT2D eigenvalue weighted by atomic mass is 35.5. The summed E-state index contributed by atoms with van der Waals surface area (Å²) in [5, 5.41) is 0.661. The van der Waals surface area contributed by atoms with Gasteiger partial charge in [0.15, 0.2) is 0 Å². The first kappa shape index (κ1) is 23.7. The molecule has 6 nitrogen and oxygen atoms in total. The fourth-order valence-corrected chi connectivity index (χ4v) is 5.02. The highest BCUT2D eigenvalue weighted by Gasteiger charge is 2.26. The van der Waals surface area contributed by atoms with Crippen molar-refractivity contribution in [3.05, 3.63) is 89.4 Å². The van der Waals surface area contributed by atoms with Crippen molar-refractivity contribution in [1.29, 1.82) is 0 Å².